The predicted molar refractivity (Wildman–Crippen MR) is 90.0 cm³/mol. The zero-order valence-corrected chi connectivity index (χ0v) is 12.9. The Morgan fingerprint density at radius 3 is 2.50 bits per heavy atom. The van der Waals surface area contributed by atoms with Crippen molar-refractivity contribution >= 4 is 17.6 Å². The van der Waals surface area contributed by atoms with Crippen LogP contribution in [0.1, 0.15) is 20.7 Å². The van der Waals surface area contributed by atoms with Gasteiger partial charge in [-0.2, -0.15) is 5.10 Å². The number of carboxylic acid groups (broad SMARTS) is 1. The lowest BCUT2D eigenvalue weighted by molar-refractivity contribution is 0.0696. The van der Waals surface area contributed by atoms with E-state index in [1.807, 2.05) is 19.3 Å². The molecule has 6 nitrogen and oxygen atoms in total. The highest BCUT2D eigenvalue weighted by Gasteiger charge is 2.10. The number of carbonyl (C=O) groups is 2. The minimum Gasteiger partial charge on any atom is -0.478 e. The average Bonchev–Trinajstić information content (AvgIpc) is 3.02. The Bertz CT molecular complexity index is 915. The molecule has 2 N–H and O–H groups in total. The number of hydrogen-bond acceptors (Lipinski definition) is 3. The van der Waals surface area contributed by atoms with E-state index < -0.39 is 5.97 Å². The summed E-state index contributed by atoms with van der Waals surface area (Å²) in [5.41, 5.74) is 2.84. The third-order valence-corrected chi connectivity index (χ3v) is 3.53. The van der Waals surface area contributed by atoms with E-state index in [1.165, 1.54) is 12.1 Å². The molecule has 1 aromatic heterocycles. The number of nitrogens with zero attached hydrogens (tertiary/aromatic N) is 2. The third-order valence-electron chi connectivity index (χ3n) is 3.53. The molecule has 120 valence electrons. The van der Waals surface area contributed by atoms with Gasteiger partial charge < -0.3 is 10.4 Å². The Morgan fingerprint density at radius 1 is 1.04 bits per heavy atom. The highest BCUT2D eigenvalue weighted by Crippen LogP contribution is 2.20. The molecule has 6 heteroatoms. The summed E-state index contributed by atoms with van der Waals surface area (Å²) in [6, 6.07) is 13.3. The number of aromatic carboxylic acids is 1. The van der Waals surface area contributed by atoms with Crippen molar-refractivity contribution in [2.24, 2.45) is 7.05 Å². The van der Waals surface area contributed by atoms with E-state index >= 15 is 0 Å². The zero-order chi connectivity index (χ0) is 17.1. The Hall–Kier alpha value is -3.41. The molecule has 3 rings (SSSR count). The summed E-state index contributed by atoms with van der Waals surface area (Å²) in [6.45, 7) is 0. The van der Waals surface area contributed by atoms with Crippen molar-refractivity contribution in [3.05, 3.63) is 72.1 Å². The van der Waals surface area contributed by atoms with Gasteiger partial charge in [-0.25, -0.2) is 4.79 Å². The maximum atomic E-state index is 12.4. The van der Waals surface area contributed by atoms with Crippen molar-refractivity contribution in [1.29, 1.82) is 0 Å². The number of aromatic nitrogens is 2. The second kappa shape index (κ2) is 6.37. The minimum atomic E-state index is -1.04. The van der Waals surface area contributed by atoms with Crippen molar-refractivity contribution in [1.82, 2.24) is 9.78 Å². The van der Waals surface area contributed by atoms with Crippen LogP contribution in [-0.2, 0) is 7.05 Å². The summed E-state index contributed by atoms with van der Waals surface area (Å²) in [6.07, 6.45) is 3.60. The van der Waals surface area contributed by atoms with Gasteiger partial charge in [-0.3, -0.25) is 9.48 Å². The molecule has 0 fully saturated rings. The van der Waals surface area contributed by atoms with Gasteiger partial charge in [-0.05, 0) is 35.9 Å². The van der Waals surface area contributed by atoms with Crippen molar-refractivity contribution in [2.75, 3.05) is 5.32 Å². The molecular formula is C18H15N3O3. The molecule has 0 atom stereocenters. The Morgan fingerprint density at radius 2 is 1.79 bits per heavy atom. The molecule has 0 saturated heterocycles. The normalized spacial score (nSPS) is 10.4. The minimum absolute atomic E-state index is 0.122. The fraction of sp³-hybridized carbons (Fsp3) is 0.0556. The van der Waals surface area contributed by atoms with Crippen LogP contribution in [0.4, 0.5) is 5.69 Å². The molecule has 1 amide bonds. The van der Waals surface area contributed by atoms with Gasteiger partial charge in [0, 0.05) is 30.1 Å². The van der Waals surface area contributed by atoms with E-state index in [0.29, 0.717) is 11.3 Å². The molecule has 0 unspecified atom stereocenters. The van der Waals surface area contributed by atoms with Crippen LogP contribution in [0.15, 0.2) is 60.9 Å². The lowest BCUT2D eigenvalue weighted by Crippen LogP contribution is -2.12. The Balaban J connectivity index is 1.83. The number of carbonyl (C=O) groups excluding carboxylic acids is 1. The smallest absolute Gasteiger partial charge is 0.335 e. The second-order valence-electron chi connectivity index (χ2n) is 5.32. The van der Waals surface area contributed by atoms with E-state index in [4.69, 9.17) is 5.11 Å². The number of hydrogen-bond donors (Lipinski definition) is 2. The van der Waals surface area contributed by atoms with Gasteiger partial charge in [0.05, 0.1) is 11.8 Å². The quantitative estimate of drug-likeness (QED) is 0.773. The number of nitrogens with one attached hydrogen (secondary N) is 1. The number of benzene rings is 2. The van der Waals surface area contributed by atoms with Gasteiger partial charge in [0.25, 0.3) is 5.91 Å². The largest absolute Gasteiger partial charge is 0.478 e. The fourth-order valence-electron chi connectivity index (χ4n) is 2.34. The van der Waals surface area contributed by atoms with Gasteiger partial charge in [-0.1, -0.05) is 18.2 Å². The summed E-state index contributed by atoms with van der Waals surface area (Å²) >= 11 is 0. The first-order valence-corrected chi connectivity index (χ1v) is 7.27. The summed E-state index contributed by atoms with van der Waals surface area (Å²) < 4.78 is 1.69. The zero-order valence-electron chi connectivity index (χ0n) is 12.9. The van der Waals surface area contributed by atoms with Gasteiger partial charge in [0.1, 0.15) is 0 Å². The first-order chi connectivity index (χ1) is 11.5. The van der Waals surface area contributed by atoms with Gasteiger partial charge >= 0.3 is 5.97 Å². The molecule has 1 heterocycles. The van der Waals surface area contributed by atoms with Gasteiger partial charge in [-0.15, -0.1) is 0 Å². The maximum absolute atomic E-state index is 12.4. The molecule has 0 aliphatic heterocycles. The highest BCUT2D eigenvalue weighted by molar-refractivity contribution is 6.05. The molecular weight excluding hydrogens is 306 g/mol. The second-order valence-corrected chi connectivity index (χ2v) is 5.32. The number of carboxylic acids is 1. The van der Waals surface area contributed by atoms with E-state index in [0.717, 1.165) is 11.1 Å². The number of anilines is 1. The van der Waals surface area contributed by atoms with Crippen molar-refractivity contribution in [3.8, 4) is 11.1 Å². The predicted octanol–water partition coefficient (Wildman–Crippen LogP) is 3.04. The topological polar surface area (TPSA) is 84.2 Å². The molecule has 0 aliphatic carbocycles. The van der Waals surface area contributed by atoms with Crippen LogP contribution >= 0.6 is 0 Å². The molecule has 24 heavy (non-hydrogen) atoms. The van der Waals surface area contributed by atoms with E-state index in [1.54, 1.807) is 41.2 Å². The summed E-state index contributed by atoms with van der Waals surface area (Å²) in [7, 11) is 1.83. The third kappa shape index (κ3) is 3.33. The van der Waals surface area contributed by atoms with Crippen LogP contribution in [0, 0.1) is 0 Å². The van der Waals surface area contributed by atoms with Crippen molar-refractivity contribution < 1.29 is 14.7 Å². The number of amides is 1. The monoisotopic (exact) mass is 321 g/mol. The lowest BCUT2D eigenvalue weighted by atomic mass is 10.1. The molecule has 3 aromatic rings. The van der Waals surface area contributed by atoms with Crippen LogP contribution in [0.25, 0.3) is 11.1 Å². The standard InChI is InChI=1S/C18H15N3O3/c1-21-11-15(10-19-21)12-4-2-5-13(8-12)17(22)20-16-7-3-6-14(9-16)18(23)24/h2-11H,1H3,(H,20,22)(H,23,24). The van der Waals surface area contributed by atoms with Crippen LogP contribution < -0.4 is 5.32 Å². The highest BCUT2D eigenvalue weighted by atomic mass is 16.4. The molecule has 0 spiro atoms. The first-order valence-electron chi connectivity index (χ1n) is 7.27. The summed E-state index contributed by atoms with van der Waals surface area (Å²) in [5.74, 6) is -1.34. The molecule has 0 aliphatic rings. The first kappa shape index (κ1) is 15.5. The summed E-state index contributed by atoms with van der Waals surface area (Å²) in [4.78, 5) is 23.4. The van der Waals surface area contributed by atoms with E-state index in [-0.39, 0.29) is 11.5 Å². The van der Waals surface area contributed by atoms with Crippen LogP contribution in [0.5, 0.6) is 0 Å². The van der Waals surface area contributed by atoms with Gasteiger partial charge in [0.2, 0.25) is 0 Å². The lowest BCUT2D eigenvalue weighted by Gasteiger charge is -2.07. The van der Waals surface area contributed by atoms with E-state index in [2.05, 4.69) is 10.4 Å². The molecule has 0 saturated carbocycles. The number of aryl methyl sites for hydroxylation is 1. The van der Waals surface area contributed by atoms with Crippen LogP contribution in [0.2, 0.25) is 0 Å². The number of rotatable bonds is 4. The van der Waals surface area contributed by atoms with E-state index in [9.17, 15) is 9.59 Å². The molecule has 0 radical (unpaired) electrons. The van der Waals surface area contributed by atoms with Crippen LogP contribution in [-0.4, -0.2) is 26.8 Å². The molecule has 2 aromatic carbocycles. The average molecular weight is 321 g/mol. The SMILES string of the molecule is Cn1cc(-c2cccc(C(=O)Nc3cccc(C(=O)O)c3)c2)cn1. The fourth-order valence-corrected chi connectivity index (χ4v) is 2.34. The molecule has 0 bridgehead atoms. The van der Waals surface area contributed by atoms with Crippen molar-refractivity contribution in [3.63, 3.8) is 0 Å². The maximum Gasteiger partial charge on any atom is 0.335 e. The van der Waals surface area contributed by atoms with Crippen molar-refractivity contribution in [2.45, 2.75) is 0 Å². The van der Waals surface area contributed by atoms with Crippen LogP contribution in [0.3, 0.4) is 0 Å². The summed E-state index contributed by atoms with van der Waals surface area (Å²) in [5, 5.41) is 15.8. The van der Waals surface area contributed by atoms with Gasteiger partial charge in [0.15, 0.2) is 0 Å². The Labute approximate surface area is 138 Å². The Kier molecular flexibility index (Phi) is 4.11.